The highest BCUT2D eigenvalue weighted by molar-refractivity contribution is 5.85. The summed E-state index contributed by atoms with van der Waals surface area (Å²) in [6.07, 6.45) is 7.41. The van der Waals surface area contributed by atoms with Crippen LogP contribution in [-0.2, 0) is 4.79 Å². The van der Waals surface area contributed by atoms with Crippen LogP contribution in [0.15, 0.2) is 30.3 Å². The van der Waals surface area contributed by atoms with Gasteiger partial charge in [0, 0.05) is 31.7 Å². The standard InChI is InChI=1S/C22H31N3O.2ClH/c26-22(19-8-5-11-23-19)24-13-16-12-18(15-24)21-10-4-9-20(25(21)14-16)17-6-2-1-3-7-17;;/h1-3,6-7,16,18-21,23H,4-5,8-15H2;2*1H/t16-,18+,19-,20+,21-;;/m0../s1. The van der Waals surface area contributed by atoms with E-state index in [2.05, 4.69) is 45.4 Å². The zero-order valence-corrected chi connectivity index (χ0v) is 18.1. The Kier molecular flexibility index (Phi) is 7.30. The first-order valence-corrected chi connectivity index (χ1v) is 10.6. The van der Waals surface area contributed by atoms with Gasteiger partial charge in [0.2, 0.25) is 5.91 Å². The van der Waals surface area contributed by atoms with E-state index in [-0.39, 0.29) is 30.9 Å². The van der Waals surface area contributed by atoms with Gasteiger partial charge in [-0.25, -0.2) is 0 Å². The summed E-state index contributed by atoms with van der Waals surface area (Å²) in [5.74, 6) is 1.69. The zero-order chi connectivity index (χ0) is 17.5. The number of benzene rings is 1. The number of hydrogen-bond donors (Lipinski definition) is 1. The Morgan fingerprint density at radius 1 is 0.964 bits per heavy atom. The number of hydrogen-bond acceptors (Lipinski definition) is 3. The minimum Gasteiger partial charge on any atom is -0.341 e. The average molecular weight is 426 g/mol. The highest BCUT2D eigenvalue weighted by atomic mass is 35.5. The molecule has 0 aromatic heterocycles. The van der Waals surface area contributed by atoms with E-state index in [0.29, 0.717) is 29.8 Å². The van der Waals surface area contributed by atoms with E-state index in [1.165, 1.54) is 37.8 Å². The molecule has 1 aromatic carbocycles. The molecule has 156 valence electrons. The van der Waals surface area contributed by atoms with Gasteiger partial charge < -0.3 is 10.2 Å². The van der Waals surface area contributed by atoms with Gasteiger partial charge in [-0.3, -0.25) is 9.69 Å². The van der Waals surface area contributed by atoms with E-state index >= 15 is 0 Å². The summed E-state index contributed by atoms with van der Waals surface area (Å²) in [6, 6.07) is 12.4. The first-order valence-electron chi connectivity index (χ1n) is 10.6. The fourth-order valence-corrected chi connectivity index (χ4v) is 6.14. The second-order valence-electron chi connectivity index (χ2n) is 8.88. The van der Waals surface area contributed by atoms with E-state index in [9.17, 15) is 4.79 Å². The summed E-state index contributed by atoms with van der Waals surface area (Å²) in [5.41, 5.74) is 1.49. The molecule has 4 aliphatic rings. The lowest BCUT2D eigenvalue weighted by Gasteiger charge is -2.55. The highest BCUT2D eigenvalue weighted by Crippen LogP contribution is 2.44. The zero-order valence-electron chi connectivity index (χ0n) is 16.5. The lowest BCUT2D eigenvalue weighted by atomic mass is 9.73. The number of likely N-dealkylation sites (tertiary alicyclic amines) is 1. The van der Waals surface area contributed by atoms with Crippen molar-refractivity contribution in [1.29, 1.82) is 0 Å². The van der Waals surface area contributed by atoms with E-state index in [1.54, 1.807) is 0 Å². The molecule has 4 fully saturated rings. The molecule has 2 bridgehead atoms. The van der Waals surface area contributed by atoms with Gasteiger partial charge in [-0.15, -0.1) is 24.8 Å². The molecule has 0 spiro atoms. The number of fused-ring (bicyclic) bond motifs is 4. The van der Waals surface area contributed by atoms with Crippen LogP contribution in [0.25, 0.3) is 0 Å². The van der Waals surface area contributed by atoms with Crippen molar-refractivity contribution in [2.24, 2.45) is 11.8 Å². The largest absolute Gasteiger partial charge is 0.341 e. The summed E-state index contributed by atoms with van der Waals surface area (Å²) in [5, 5.41) is 3.40. The molecule has 6 heteroatoms. The maximum Gasteiger partial charge on any atom is 0.239 e. The fraction of sp³-hybridized carbons (Fsp3) is 0.682. The molecule has 4 heterocycles. The van der Waals surface area contributed by atoms with Crippen molar-refractivity contribution in [2.45, 2.75) is 56.7 Å². The summed E-state index contributed by atoms with van der Waals surface area (Å²) < 4.78 is 0. The van der Waals surface area contributed by atoms with E-state index in [0.717, 1.165) is 32.5 Å². The minimum atomic E-state index is 0. The molecule has 4 saturated heterocycles. The van der Waals surface area contributed by atoms with Gasteiger partial charge in [0.1, 0.15) is 0 Å². The maximum absolute atomic E-state index is 12.9. The van der Waals surface area contributed by atoms with Crippen molar-refractivity contribution in [1.82, 2.24) is 15.1 Å². The maximum atomic E-state index is 12.9. The molecule has 0 saturated carbocycles. The van der Waals surface area contributed by atoms with E-state index < -0.39 is 0 Å². The lowest BCUT2D eigenvalue weighted by Crippen LogP contribution is -2.61. The number of nitrogens with zero attached hydrogens (tertiary/aromatic N) is 2. The molecule has 0 aliphatic carbocycles. The summed E-state index contributed by atoms with van der Waals surface area (Å²) >= 11 is 0. The topological polar surface area (TPSA) is 35.6 Å². The van der Waals surface area contributed by atoms with Crippen LogP contribution in [0.3, 0.4) is 0 Å². The number of carbonyl (C=O) groups is 1. The average Bonchev–Trinajstić information content (AvgIpc) is 3.22. The SMILES string of the molecule is Cl.Cl.O=C([C@@H]1CCCN1)N1C[C@@H]2C[C@H](C1)[C@@H]1CCC[C@H](c3ccccc3)N1C2. The highest BCUT2D eigenvalue weighted by Gasteiger charge is 2.46. The molecule has 4 aliphatic heterocycles. The predicted molar refractivity (Wildman–Crippen MR) is 117 cm³/mol. The van der Waals surface area contributed by atoms with Crippen molar-refractivity contribution in [2.75, 3.05) is 26.2 Å². The third-order valence-electron chi connectivity index (χ3n) is 7.24. The normalized spacial score (nSPS) is 34.7. The molecule has 4 nitrogen and oxygen atoms in total. The first kappa shape index (κ1) is 21.9. The number of nitrogens with one attached hydrogen (secondary N) is 1. The molecule has 1 aromatic rings. The third kappa shape index (κ3) is 4.07. The Hall–Kier alpha value is -0.810. The monoisotopic (exact) mass is 425 g/mol. The van der Waals surface area contributed by atoms with Crippen LogP contribution in [-0.4, -0.2) is 54.0 Å². The Morgan fingerprint density at radius 2 is 1.79 bits per heavy atom. The fourth-order valence-electron chi connectivity index (χ4n) is 6.14. The molecule has 5 atom stereocenters. The minimum absolute atomic E-state index is 0. The van der Waals surface area contributed by atoms with Gasteiger partial charge in [-0.2, -0.15) is 0 Å². The molecule has 28 heavy (non-hydrogen) atoms. The molecule has 5 rings (SSSR count). The van der Waals surface area contributed by atoms with Crippen LogP contribution >= 0.6 is 24.8 Å². The lowest BCUT2D eigenvalue weighted by molar-refractivity contribution is -0.140. The molecule has 0 unspecified atom stereocenters. The number of amides is 1. The summed E-state index contributed by atoms with van der Waals surface area (Å²) in [7, 11) is 0. The Morgan fingerprint density at radius 3 is 2.54 bits per heavy atom. The number of rotatable bonds is 2. The van der Waals surface area contributed by atoms with Crippen molar-refractivity contribution in [3.8, 4) is 0 Å². The molecular weight excluding hydrogens is 393 g/mol. The van der Waals surface area contributed by atoms with Gasteiger partial charge in [0.15, 0.2) is 0 Å². The second-order valence-corrected chi connectivity index (χ2v) is 8.88. The van der Waals surface area contributed by atoms with Crippen molar-refractivity contribution >= 4 is 30.7 Å². The molecule has 1 amide bonds. The van der Waals surface area contributed by atoms with Crippen molar-refractivity contribution in [3.05, 3.63) is 35.9 Å². The van der Waals surface area contributed by atoms with Gasteiger partial charge in [0.05, 0.1) is 6.04 Å². The smallest absolute Gasteiger partial charge is 0.239 e. The van der Waals surface area contributed by atoms with Crippen LogP contribution in [0.5, 0.6) is 0 Å². The predicted octanol–water partition coefficient (Wildman–Crippen LogP) is 3.66. The van der Waals surface area contributed by atoms with Crippen LogP contribution in [0.4, 0.5) is 0 Å². The van der Waals surface area contributed by atoms with Gasteiger partial charge in [-0.1, -0.05) is 30.3 Å². The molecule has 0 radical (unpaired) electrons. The van der Waals surface area contributed by atoms with Gasteiger partial charge in [0.25, 0.3) is 0 Å². The molecule has 1 N–H and O–H groups in total. The van der Waals surface area contributed by atoms with E-state index in [4.69, 9.17) is 0 Å². The van der Waals surface area contributed by atoms with Crippen molar-refractivity contribution < 1.29 is 4.79 Å². The number of halogens is 2. The van der Waals surface area contributed by atoms with Crippen LogP contribution in [0, 0.1) is 11.8 Å². The summed E-state index contributed by atoms with van der Waals surface area (Å²) in [4.78, 5) is 18.0. The van der Waals surface area contributed by atoms with E-state index in [1.807, 2.05) is 0 Å². The molecular formula is C22H33Cl2N3O. The first-order chi connectivity index (χ1) is 12.8. The number of carbonyl (C=O) groups excluding carboxylic acids is 1. The summed E-state index contributed by atoms with van der Waals surface area (Å²) in [6.45, 7) is 4.13. The quantitative estimate of drug-likeness (QED) is 0.784. The third-order valence-corrected chi connectivity index (χ3v) is 7.24. The Bertz CT molecular complexity index is 652. The Balaban J connectivity index is 0.00000112. The van der Waals surface area contributed by atoms with Gasteiger partial charge in [-0.05, 0) is 62.5 Å². The van der Waals surface area contributed by atoms with Crippen LogP contribution < -0.4 is 5.32 Å². The van der Waals surface area contributed by atoms with Crippen molar-refractivity contribution in [3.63, 3.8) is 0 Å². The second kappa shape index (κ2) is 9.34. The number of piperidine rings is 3. The van der Waals surface area contributed by atoms with Crippen LogP contribution in [0.1, 0.15) is 50.1 Å². The van der Waals surface area contributed by atoms with Gasteiger partial charge >= 0.3 is 0 Å². The Labute approximate surface area is 181 Å². The van der Waals surface area contributed by atoms with Crippen LogP contribution in [0.2, 0.25) is 0 Å².